The number of rotatable bonds is 2. The largest absolute Gasteiger partial charge is 0.275 e. The summed E-state index contributed by atoms with van der Waals surface area (Å²) < 4.78 is 0. The Labute approximate surface area is 103 Å². The molecule has 0 aliphatic carbocycles. The number of benzene rings is 1. The summed E-state index contributed by atoms with van der Waals surface area (Å²) >= 11 is 11.2. The van der Waals surface area contributed by atoms with E-state index in [4.69, 9.17) is 23.2 Å². The molecular formula is C12H7Cl2NO. The zero-order valence-electron chi connectivity index (χ0n) is 8.15. The SMILES string of the molecule is O=C(Cl)c1ccc(-c2ccccc2)nc1Cl. The first kappa shape index (κ1) is 11.1. The van der Waals surface area contributed by atoms with Crippen molar-refractivity contribution >= 4 is 28.4 Å². The monoisotopic (exact) mass is 251 g/mol. The lowest BCUT2D eigenvalue weighted by Gasteiger charge is -2.03. The second-order valence-electron chi connectivity index (χ2n) is 3.17. The number of aromatic nitrogens is 1. The fourth-order valence-electron chi connectivity index (χ4n) is 1.35. The molecule has 0 aliphatic rings. The maximum absolute atomic E-state index is 11.0. The first-order valence-electron chi connectivity index (χ1n) is 4.60. The van der Waals surface area contributed by atoms with Crippen LogP contribution in [-0.2, 0) is 0 Å². The number of hydrogen-bond donors (Lipinski definition) is 0. The van der Waals surface area contributed by atoms with Crippen molar-refractivity contribution in [2.24, 2.45) is 0 Å². The lowest BCUT2D eigenvalue weighted by atomic mass is 10.1. The average Bonchev–Trinajstić information content (AvgIpc) is 2.29. The fourth-order valence-corrected chi connectivity index (χ4v) is 1.79. The Morgan fingerprint density at radius 2 is 1.75 bits per heavy atom. The van der Waals surface area contributed by atoms with Crippen LogP contribution in [0.5, 0.6) is 0 Å². The molecule has 2 aromatic rings. The van der Waals surface area contributed by atoms with E-state index in [0.717, 1.165) is 5.56 Å². The van der Waals surface area contributed by atoms with Gasteiger partial charge in [0.25, 0.3) is 5.24 Å². The Morgan fingerprint density at radius 1 is 1.06 bits per heavy atom. The van der Waals surface area contributed by atoms with E-state index < -0.39 is 5.24 Å². The molecule has 0 unspecified atom stereocenters. The van der Waals surface area contributed by atoms with Gasteiger partial charge >= 0.3 is 0 Å². The van der Waals surface area contributed by atoms with Crippen molar-refractivity contribution in [3.8, 4) is 11.3 Å². The quantitative estimate of drug-likeness (QED) is 0.601. The van der Waals surface area contributed by atoms with Crippen LogP contribution in [0.4, 0.5) is 0 Å². The summed E-state index contributed by atoms with van der Waals surface area (Å²) in [6.45, 7) is 0. The van der Waals surface area contributed by atoms with Crippen molar-refractivity contribution < 1.29 is 4.79 Å². The van der Waals surface area contributed by atoms with Gasteiger partial charge in [-0.15, -0.1) is 0 Å². The van der Waals surface area contributed by atoms with Crippen LogP contribution in [0.2, 0.25) is 5.15 Å². The van der Waals surface area contributed by atoms with Gasteiger partial charge in [0.15, 0.2) is 0 Å². The van der Waals surface area contributed by atoms with E-state index >= 15 is 0 Å². The molecule has 1 aromatic carbocycles. The molecule has 0 fully saturated rings. The third-order valence-corrected chi connectivity index (χ3v) is 2.62. The maximum atomic E-state index is 11.0. The van der Waals surface area contributed by atoms with Crippen LogP contribution in [-0.4, -0.2) is 10.2 Å². The van der Waals surface area contributed by atoms with Crippen molar-refractivity contribution in [3.05, 3.63) is 53.2 Å². The summed E-state index contributed by atoms with van der Waals surface area (Å²) in [5, 5.41) is -0.474. The molecule has 2 rings (SSSR count). The molecule has 16 heavy (non-hydrogen) atoms. The molecule has 4 heteroatoms. The normalized spacial score (nSPS) is 10.1. The van der Waals surface area contributed by atoms with Gasteiger partial charge in [0.1, 0.15) is 5.15 Å². The number of pyridine rings is 1. The molecule has 1 aromatic heterocycles. The van der Waals surface area contributed by atoms with Gasteiger partial charge in [-0.05, 0) is 23.7 Å². The lowest BCUT2D eigenvalue weighted by Crippen LogP contribution is -1.94. The van der Waals surface area contributed by atoms with Crippen LogP contribution in [0.15, 0.2) is 42.5 Å². The van der Waals surface area contributed by atoms with Gasteiger partial charge in [-0.1, -0.05) is 41.9 Å². The van der Waals surface area contributed by atoms with Gasteiger partial charge in [-0.25, -0.2) is 4.98 Å². The van der Waals surface area contributed by atoms with Crippen LogP contribution in [0, 0.1) is 0 Å². The predicted octanol–water partition coefficient (Wildman–Crippen LogP) is 3.78. The zero-order chi connectivity index (χ0) is 11.5. The fraction of sp³-hybridized carbons (Fsp3) is 0. The Hall–Kier alpha value is -1.38. The summed E-state index contributed by atoms with van der Waals surface area (Å²) in [6.07, 6.45) is 0. The smallest absolute Gasteiger partial charge is 0.255 e. The number of carbonyl (C=O) groups excluding carboxylic acids is 1. The number of halogens is 2. The summed E-state index contributed by atoms with van der Waals surface area (Å²) in [7, 11) is 0. The van der Waals surface area contributed by atoms with Crippen molar-refractivity contribution in [3.63, 3.8) is 0 Å². The summed E-state index contributed by atoms with van der Waals surface area (Å²) in [6, 6.07) is 12.9. The van der Waals surface area contributed by atoms with Gasteiger partial charge in [0.05, 0.1) is 11.3 Å². The second kappa shape index (κ2) is 4.64. The van der Waals surface area contributed by atoms with E-state index in [1.54, 1.807) is 12.1 Å². The minimum absolute atomic E-state index is 0.126. The highest BCUT2D eigenvalue weighted by molar-refractivity contribution is 6.68. The van der Waals surface area contributed by atoms with Crippen LogP contribution < -0.4 is 0 Å². The van der Waals surface area contributed by atoms with Crippen molar-refractivity contribution in [1.82, 2.24) is 4.98 Å². The highest BCUT2D eigenvalue weighted by atomic mass is 35.5. The second-order valence-corrected chi connectivity index (χ2v) is 3.88. The highest BCUT2D eigenvalue weighted by Crippen LogP contribution is 2.22. The first-order valence-corrected chi connectivity index (χ1v) is 5.36. The maximum Gasteiger partial charge on any atom is 0.255 e. The van der Waals surface area contributed by atoms with Gasteiger partial charge in [-0.2, -0.15) is 0 Å². The molecule has 2 nitrogen and oxygen atoms in total. The van der Waals surface area contributed by atoms with Crippen LogP contribution in [0.25, 0.3) is 11.3 Å². The Morgan fingerprint density at radius 3 is 2.31 bits per heavy atom. The van der Waals surface area contributed by atoms with Crippen LogP contribution in [0.3, 0.4) is 0 Å². The molecule has 0 amide bonds. The average molecular weight is 252 g/mol. The summed E-state index contributed by atoms with van der Waals surface area (Å²) in [5.74, 6) is 0. The van der Waals surface area contributed by atoms with Gasteiger partial charge in [0, 0.05) is 5.56 Å². The van der Waals surface area contributed by atoms with Crippen molar-refractivity contribution in [2.75, 3.05) is 0 Å². The molecule has 0 spiro atoms. The predicted molar refractivity (Wildman–Crippen MR) is 64.9 cm³/mol. The van der Waals surface area contributed by atoms with E-state index in [-0.39, 0.29) is 10.7 Å². The highest BCUT2D eigenvalue weighted by Gasteiger charge is 2.10. The van der Waals surface area contributed by atoms with Crippen molar-refractivity contribution in [2.45, 2.75) is 0 Å². The Balaban J connectivity index is 2.46. The summed E-state index contributed by atoms with van der Waals surface area (Å²) in [5.41, 5.74) is 1.88. The molecule has 0 saturated carbocycles. The summed E-state index contributed by atoms with van der Waals surface area (Å²) in [4.78, 5) is 15.1. The minimum Gasteiger partial charge on any atom is -0.275 e. The van der Waals surface area contributed by atoms with Crippen LogP contribution in [0.1, 0.15) is 10.4 Å². The van der Waals surface area contributed by atoms with Gasteiger partial charge in [0.2, 0.25) is 0 Å². The molecule has 0 saturated heterocycles. The third-order valence-electron chi connectivity index (χ3n) is 2.13. The van der Waals surface area contributed by atoms with E-state index in [1.165, 1.54) is 0 Å². The van der Waals surface area contributed by atoms with E-state index in [1.807, 2.05) is 30.3 Å². The third kappa shape index (κ3) is 2.23. The lowest BCUT2D eigenvalue weighted by molar-refractivity contribution is 0.108. The van der Waals surface area contributed by atoms with Crippen LogP contribution >= 0.6 is 23.2 Å². The molecule has 0 aliphatic heterocycles. The number of carbonyl (C=O) groups is 1. The standard InChI is InChI=1S/C12H7Cl2NO/c13-11-9(12(14)16)6-7-10(15-11)8-4-2-1-3-5-8/h1-7H. The molecule has 0 atom stereocenters. The molecule has 0 radical (unpaired) electrons. The molecule has 0 N–H and O–H groups in total. The number of hydrogen-bond acceptors (Lipinski definition) is 2. The number of nitrogens with zero attached hydrogens (tertiary/aromatic N) is 1. The van der Waals surface area contributed by atoms with Crippen molar-refractivity contribution in [1.29, 1.82) is 0 Å². The Bertz CT molecular complexity index is 526. The first-order chi connectivity index (χ1) is 7.68. The molecular weight excluding hydrogens is 245 g/mol. The topological polar surface area (TPSA) is 30.0 Å². The minimum atomic E-state index is -0.600. The van der Waals surface area contributed by atoms with Gasteiger partial charge < -0.3 is 0 Å². The van der Waals surface area contributed by atoms with Gasteiger partial charge in [-0.3, -0.25) is 4.79 Å². The zero-order valence-corrected chi connectivity index (χ0v) is 9.66. The molecule has 1 heterocycles. The van der Waals surface area contributed by atoms with E-state index in [2.05, 4.69) is 4.98 Å². The molecule has 80 valence electrons. The molecule has 0 bridgehead atoms. The van der Waals surface area contributed by atoms with E-state index in [9.17, 15) is 4.79 Å². The van der Waals surface area contributed by atoms with E-state index in [0.29, 0.717) is 5.69 Å². The Kier molecular flexibility index (Phi) is 3.22.